The minimum atomic E-state index is -0.336. The predicted octanol–water partition coefficient (Wildman–Crippen LogP) is 3.64. The number of carbonyl (C=O) groups is 1. The third-order valence-electron chi connectivity index (χ3n) is 4.44. The number of fused-ring (bicyclic) bond motifs is 1. The van der Waals surface area contributed by atoms with E-state index in [1.165, 1.54) is 11.8 Å². The number of aromatic nitrogens is 3. The third-order valence-corrected chi connectivity index (χ3v) is 5.89. The lowest BCUT2D eigenvalue weighted by molar-refractivity contribution is -0.134. The first-order valence-electron chi connectivity index (χ1n) is 8.72. The molecular weight excluding hydrogens is 370 g/mol. The van der Waals surface area contributed by atoms with Gasteiger partial charge in [-0.05, 0) is 52.3 Å². The van der Waals surface area contributed by atoms with Gasteiger partial charge in [0.05, 0.1) is 6.04 Å². The van der Waals surface area contributed by atoms with Gasteiger partial charge in [-0.2, -0.15) is 0 Å². The Morgan fingerprint density at radius 3 is 2.38 bits per heavy atom. The second-order valence-electron chi connectivity index (χ2n) is 6.99. The molecule has 0 saturated carbocycles. The molecule has 140 valence electrons. The Kier molecular flexibility index (Phi) is 5.48. The van der Waals surface area contributed by atoms with E-state index in [4.69, 9.17) is 11.6 Å². The highest BCUT2D eigenvalue weighted by molar-refractivity contribution is 8.00. The molecule has 0 bridgehead atoms. The van der Waals surface area contributed by atoms with Crippen LogP contribution >= 0.6 is 23.4 Å². The van der Waals surface area contributed by atoms with Gasteiger partial charge in [-0.1, -0.05) is 35.5 Å². The van der Waals surface area contributed by atoms with Gasteiger partial charge in [0.2, 0.25) is 11.1 Å². The van der Waals surface area contributed by atoms with Crippen molar-refractivity contribution in [3.8, 4) is 0 Å². The molecule has 8 heteroatoms. The van der Waals surface area contributed by atoms with E-state index in [2.05, 4.69) is 15.6 Å². The first-order valence-corrected chi connectivity index (χ1v) is 9.98. The molecule has 1 N–H and O–H groups in total. The molecule has 0 radical (unpaired) electrons. The van der Waals surface area contributed by atoms with Gasteiger partial charge in [0.25, 0.3) is 0 Å². The Morgan fingerprint density at radius 2 is 1.81 bits per heavy atom. The molecule has 0 aliphatic carbocycles. The van der Waals surface area contributed by atoms with Crippen LogP contribution in [-0.2, 0) is 4.79 Å². The van der Waals surface area contributed by atoms with Crippen molar-refractivity contribution in [3.05, 3.63) is 40.7 Å². The van der Waals surface area contributed by atoms with Crippen LogP contribution in [0.4, 0.5) is 0 Å². The van der Waals surface area contributed by atoms with E-state index in [0.717, 1.165) is 11.4 Å². The summed E-state index contributed by atoms with van der Waals surface area (Å²) in [4.78, 5) is 15.4. The Hall–Kier alpha value is -1.73. The highest BCUT2D eigenvalue weighted by Gasteiger charge is 2.40. The van der Waals surface area contributed by atoms with Crippen LogP contribution in [0.15, 0.2) is 29.4 Å². The molecule has 1 amide bonds. The van der Waals surface area contributed by atoms with Crippen molar-refractivity contribution in [1.29, 1.82) is 0 Å². The summed E-state index contributed by atoms with van der Waals surface area (Å²) >= 11 is 7.50. The van der Waals surface area contributed by atoms with Gasteiger partial charge in [-0.15, -0.1) is 10.2 Å². The number of hydrogen-bond donors (Lipinski definition) is 1. The van der Waals surface area contributed by atoms with E-state index >= 15 is 0 Å². The van der Waals surface area contributed by atoms with Crippen LogP contribution in [0.5, 0.6) is 0 Å². The molecule has 1 aromatic carbocycles. The Morgan fingerprint density at radius 1 is 1.19 bits per heavy atom. The maximum atomic E-state index is 13.4. The van der Waals surface area contributed by atoms with Gasteiger partial charge in [0.1, 0.15) is 11.1 Å². The molecule has 1 aliphatic rings. The molecule has 26 heavy (non-hydrogen) atoms. The number of amides is 1. The molecule has 2 atom stereocenters. The normalized spacial score (nSPS) is 19.4. The number of nitrogens with zero attached hydrogens (tertiary/aromatic N) is 4. The molecule has 3 rings (SSSR count). The number of benzene rings is 1. The van der Waals surface area contributed by atoms with Crippen LogP contribution in [0.1, 0.15) is 45.1 Å². The minimum absolute atomic E-state index is 0.0966. The van der Waals surface area contributed by atoms with Crippen LogP contribution in [-0.4, -0.2) is 43.0 Å². The topological polar surface area (TPSA) is 63.1 Å². The van der Waals surface area contributed by atoms with Gasteiger partial charge in [-0.3, -0.25) is 4.79 Å². The van der Waals surface area contributed by atoms with Crippen molar-refractivity contribution in [1.82, 2.24) is 19.8 Å². The van der Waals surface area contributed by atoms with Crippen LogP contribution in [0.2, 0.25) is 5.02 Å². The average Bonchev–Trinajstić information content (AvgIpc) is 2.94. The second kappa shape index (κ2) is 7.48. The maximum Gasteiger partial charge on any atom is 0.239 e. The fourth-order valence-corrected chi connectivity index (χ4v) is 4.63. The number of aryl methyl sites for hydroxylation is 1. The number of hydrogen-bond acceptors (Lipinski definition) is 5. The summed E-state index contributed by atoms with van der Waals surface area (Å²) in [7, 11) is 0. The number of nitrogens with one attached hydrogen (secondary N) is 1. The molecule has 0 spiro atoms. The van der Waals surface area contributed by atoms with E-state index in [1.807, 2.05) is 68.5 Å². The largest absolute Gasteiger partial charge is 0.337 e. The van der Waals surface area contributed by atoms with Crippen molar-refractivity contribution < 1.29 is 4.79 Å². The van der Waals surface area contributed by atoms with E-state index in [9.17, 15) is 4.79 Å². The van der Waals surface area contributed by atoms with Crippen molar-refractivity contribution in [2.75, 3.05) is 5.43 Å². The van der Waals surface area contributed by atoms with E-state index in [1.54, 1.807) is 0 Å². The fraction of sp³-hybridized carbons (Fsp3) is 0.500. The molecule has 0 saturated heterocycles. The lowest BCUT2D eigenvalue weighted by atomic mass is 10.0. The number of rotatable bonds is 4. The first kappa shape index (κ1) is 19.0. The van der Waals surface area contributed by atoms with Gasteiger partial charge in [0.15, 0.2) is 0 Å². The summed E-state index contributed by atoms with van der Waals surface area (Å²) in [5.41, 5.74) is 4.43. The number of carbonyl (C=O) groups excluding carboxylic acids is 1. The zero-order chi connectivity index (χ0) is 19.0. The van der Waals surface area contributed by atoms with Gasteiger partial charge in [0, 0.05) is 17.1 Å². The monoisotopic (exact) mass is 393 g/mol. The number of thioether (sulfide) groups is 1. The van der Waals surface area contributed by atoms with E-state index < -0.39 is 0 Å². The molecule has 0 unspecified atom stereocenters. The summed E-state index contributed by atoms with van der Waals surface area (Å²) in [5.74, 6) is 0.862. The van der Waals surface area contributed by atoms with Crippen molar-refractivity contribution in [2.24, 2.45) is 0 Å². The van der Waals surface area contributed by atoms with E-state index in [0.29, 0.717) is 10.2 Å². The highest BCUT2D eigenvalue weighted by atomic mass is 35.5. The quantitative estimate of drug-likeness (QED) is 0.859. The molecule has 0 fully saturated rings. The van der Waals surface area contributed by atoms with Crippen LogP contribution in [0, 0.1) is 6.92 Å². The smallest absolute Gasteiger partial charge is 0.239 e. The zero-order valence-electron chi connectivity index (χ0n) is 15.6. The van der Waals surface area contributed by atoms with Gasteiger partial charge < -0.3 is 10.3 Å². The standard InChI is InChI=1S/C18H24ClN5OS/c1-10(2)23(11(3)4)17(25)16-15(13-6-8-14(19)9-7-13)22-24-12(5)20-21-18(24)26-16/h6-11,15-16,22H,1-5H3/t15-,16+/m1/s1. The van der Waals surface area contributed by atoms with Gasteiger partial charge in [-0.25, -0.2) is 4.68 Å². The van der Waals surface area contributed by atoms with Crippen LogP contribution in [0.25, 0.3) is 0 Å². The van der Waals surface area contributed by atoms with Crippen LogP contribution < -0.4 is 5.43 Å². The summed E-state index contributed by atoms with van der Waals surface area (Å²) in [6, 6.07) is 7.66. The molecule has 1 aliphatic heterocycles. The predicted molar refractivity (Wildman–Crippen MR) is 105 cm³/mol. The SMILES string of the molecule is Cc1nnc2n1N[C@H](c1ccc(Cl)cc1)[C@@H](C(=O)N(C(C)C)C(C)C)S2. The Balaban J connectivity index is 2.01. The first-order chi connectivity index (χ1) is 12.3. The Labute approximate surface area is 163 Å². The van der Waals surface area contributed by atoms with Gasteiger partial charge >= 0.3 is 0 Å². The average molecular weight is 394 g/mol. The zero-order valence-corrected chi connectivity index (χ0v) is 17.2. The minimum Gasteiger partial charge on any atom is -0.337 e. The summed E-state index contributed by atoms with van der Waals surface area (Å²) in [6.45, 7) is 10.1. The third kappa shape index (κ3) is 3.55. The highest BCUT2D eigenvalue weighted by Crippen LogP contribution is 2.38. The molecule has 2 heterocycles. The summed E-state index contributed by atoms with van der Waals surface area (Å²) in [5, 5.41) is 9.38. The van der Waals surface area contributed by atoms with Crippen LogP contribution in [0.3, 0.4) is 0 Å². The second-order valence-corrected chi connectivity index (χ2v) is 8.54. The lowest BCUT2D eigenvalue weighted by Crippen LogP contribution is -2.50. The van der Waals surface area contributed by atoms with E-state index in [-0.39, 0.29) is 29.3 Å². The van der Waals surface area contributed by atoms with Crippen molar-refractivity contribution in [2.45, 2.75) is 63.2 Å². The summed E-state index contributed by atoms with van der Waals surface area (Å²) < 4.78 is 1.85. The summed E-state index contributed by atoms with van der Waals surface area (Å²) in [6.07, 6.45) is 0. The van der Waals surface area contributed by atoms with Crippen molar-refractivity contribution >= 4 is 29.3 Å². The lowest BCUT2D eigenvalue weighted by Gasteiger charge is -2.39. The fourth-order valence-electron chi connectivity index (χ4n) is 3.32. The molecule has 1 aromatic heterocycles. The maximum absolute atomic E-state index is 13.4. The van der Waals surface area contributed by atoms with Crippen molar-refractivity contribution in [3.63, 3.8) is 0 Å². The Bertz CT molecular complexity index is 781. The molecular formula is C18H24ClN5OS. The molecule has 2 aromatic rings. The number of halogens is 1. The molecule has 6 nitrogen and oxygen atoms in total.